The molecule has 0 unspecified atom stereocenters. The van der Waals surface area contributed by atoms with Gasteiger partial charge in [-0.2, -0.15) is 18.3 Å². The first-order chi connectivity index (χ1) is 14.0. The molecule has 11 heteroatoms. The predicted octanol–water partition coefficient (Wildman–Crippen LogP) is 4.17. The van der Waals surface area contributed by atoms with E-state index in [0.29, 0.717) is 35.9 Å². The summed E-state index contributed by atoms with van der Waals surface area (Å²) in [7, 11) is -3.00. The summed E-state index contributed by atoms with van der Waals surface area (Å²) in [5, 5.41) is 5.80. The van der Waals surface area contributed by atoms with Crippen molar-refractivity contribution in [1.82, 2.24) is 15.1 Å². The second-order valence-corrected chi connectivity index (χ2v) is 9.94. The lowest BCUT2D eigenvalue weighted by molar-refractivity contribution is -0.141. The maximum atomic E-state index is 12.9. The quantitative estimate of drug-likeness (QED) is 0.610. The first-order valence-electron chi connectivity index (χ1n) is 9.56. The van der Waals surface area contributed by atoms with Crippen molar-refractivity contribution < 1.29 is 26.4 Å². The van der Waals surface area contributed by atoms with E-state index in [2.05, 4.69) is 10.2 Å². The van der Waals surface area contributed by atoms with Gasteiger partial charge in [-0.25, -0.2) is 8.42 Å². The van der Waals surface area contributed by atoms with Crippen molar-refractivity contribution in [2.24, 2.45) is 5.92 Å². The number of H-pyrrole nitrogens is 1. The van der Waals surface area contributed by atoms with E-state index in [0.717, 1.165) is 0 Å². The molecule has 0 atom stereocenters. The second kappa shape index (κ2) is 10.00. The highest BCUT2D eigenvalue weighted by molar-refractivity contribution is 7.91. The molecule has 0 aromatic carbocycles. The summed E-state index contributed by atoms with van der Waals surface area (Å²) in [5.74, 6) is -0.263. The minimum Gasteiger partial charge on any atom is -0.333 e. The van der Waals surface area contributed by atoms with E-state index < -0.39 is 27.6 Å². The normalized spacial score (nSPS) is 18.5. The first kappa shape index (κ1) is 24.5. The zero-order chi connectivity index (χ0) is 22.5. The van der Waals surface area contributed by atoms with Crippen LogP contribution in [0.15, 0.2) is 28.8 Å². The first-order valence-corrected chi connectivity index (χ1v) is 11.8. The third kappa shape index (κ3) is 6.60. The van der Waals surface area contributed by atoms with Crippen molar-refractivity contribution >= 4 is 27.3 Å². The van der Waals surface area contributed by atoms with Gasteiger partial charge in [-0.05, 0) is 44.6 Å². The Hall–Kier alpha value is -1.81. The van der Waals surface area contributed by atoms with Crippen LogP contribution in [-0.2, 0) is 16.0 Å². The number of aromatic nitrogens is 2. The minimum absolute atomic E-state index is 0.115. The van der Waals surface area contributed by atoms with Crippen LogP contribution in [0.3, 0.4) is 0 Å². The summed E-state index contributed by atoms with van der Waals surface area (Å²) in [4.78, 5) is 14.3. The second-order valence-electron chi connectivity index (χ2n) is 7.23. The van der Waals surface area contributed by atoms with E-state index in [1.54, 1.807) is 26.0 Å². The molecular weight excluding hydrogens is 443 g/mol. The molecule has 2 rings (SSSR count). The highest BCUT2D eigenvalue weighted by atomic mass is 35.5. The third-order valence-electron chi connectivity index (χ3n) is 5.14. The molecule has 0 spiro atoms. The molecule has 1 amide bonds. The molecule has 1 N–H and O–H groups in total. The van der Waals surface area contributed by atoms with Crippen molar-refractivity contribution in [3.63, 3.8) is 0 Å². The fraction of sp³-hybridized carbons (Fsp3) is 0.579. The van der Waals surface area contributed by atoms with Gasteiger partial charge in [-0.1, -0.05) is 23.8 Å². The molecule has 0 aliphatic carbocycles. The number of carbonyl (C=O) groups is 1. The van der Waals surface area contributed by atoms with Gasteiger partial charge in [-0.15, -0.1) is 0 Å². The SMILES string of the molecule is C/C=C(CN(CCC1CCS(=O)(=O)CC1)C(=O)c1cc(C(F)(F)F)n[nH]1)\C(Cl)=C/C. The number of nitrogens with one attached hydrogen (secondary N) is 1. The Morgan fingerprint density at radius 3 is 2.43 bits per heavy atom. The molecule has 6 nitrogen and oxygen atoms in total. The van der Waals surface area contributed by atoms with Crippen LogP contribution < -0.4 is 0 Å². The molecule has 0 radical (unpaired) electrons. The number of allylic oxidation sites excluding steroid dienone is 2. The van der Waals surface area contributed by atoms with E-state index in [1.807, 2.05) is 0 Å². The van der Waals surface area contributed by atoms with Crippen LogP contribution in [0.4, 0.5) is 13.2 Å². The molecule has 1 saturated heterocycles. The monoisotopic (exact) mass is 467 g/mol. The van der Waals surface area contributed by atoms with E-state index in [4.69, 9.17) is 11.6 Å². The van der Waals surface area contributed by atoms with Crippen LogP contribution in [0.1, 0.15) is 49.3 Å². The molecular formula is C19H25ClF3N3O3S. The number of halogens is 4. The van der Waals surface area contributed by atoms with E-state index in [-0.39, 0.29) is 36.2 Å². The molecule has 0 bridgehead atoms. The summed E-state index contributed by atoms with van der Waals surface area (Å²) < 4.78 is 61.8. The number of rotatable bonds is 7. The molecule has 1 aromatic heterocycles. The molecule has 1 aromatic rings. The van der Waals surface area contributed by atoms with E-state index in [1.165, 1.54) is 4.90 Å². The lowest BCUT2D eigenvalue weighted by Crippen LogP contribution is -2.36. The molecule has 168 valence electrons. The number of nitrogens with zero attached hydrogens (tertiary/aromatic N) is 2. The maximum Gasteiger partial charge on any atom is 0.435 e. The fourth-order valence-corrected chi connectivity index (χ4v) is 5.02. The number of carbonyl (C=O) groups excluding carboxylic acids is 1. The summed E-state index contributed by atoms with van der Waals surface area (Å²) in [6, 6.07) is 0.690. The van der Waals surface area contributed by atoms with Gasteiger partial charge in [0.1, 0.15) is 15.5 Å². The average molecular weight is 468 g/mol. The van der Waals surface area contributed by atoms with Crippen molar-refractivity contribution in [1.29, 1.82) is 0 Å². The Kier molecular flexibility index (Phi) is 8.15. The van der Waals surface area contributed by atoms with Crippen molar-refractivity contribution in [3.8, 4) is 0 Å². The van der Waals surface area contributed by atoms with Gasteiger partial charge in [0.15, 0.2) is 5.69 Å². The number of aromatic amines is 1. The number of amides is 1. The molecule has 1 aliphatic rings. The Balaban J connectivity index is 2.18. The number of hydrogen-bond acceptors (Lipinski definition) is 4. The van der Waals surface area contributed by atoms with Gasteiger partial charge >= 0.3 is 6.18 Å². The summed E-state index contributed by atoms with van der Waals surface area (Å²) >= 11 is 6.19. The smallest absolute Gasteiger partial charge is 0.333 e. The number of hydrogen-bond donors (Lipinski definition) is 1. The van der Waals surface area contributed by atoms with Crippen molar-refractivity contribution in [3.05, 3.63) is 40.2 Å². The predicted molar refractivity (Wildman–Crippen MR) is 109 cm³/mol. The Labute approximate surface area is 179 Å². The van der Waals surface area contributed by atoms with Gasteiger partial charge in [0.25, 0.3) is 5.91 Å². The van der Waals surface area contributed by atoms with Crippen LogP contribution in [0.5, 0.6) is 0 Å². The third-order valence-corrected chi connectivity index (χ3v) is 7.31. The van der Waals surface area contributed by atoms with Crippen molar-refractivity contribution in [2.75, 3.05) is 24.6 Å². The molecule has 0 saturated carbocycles. The van der Waals surface area contributed by atoms with Crippen LogP contribution in [0.25, 0.3) is 0 Å². The summed E-state index contributed by atoms with van der Waals surface area (Å²) in [5.41, 5.74) is -0.768. The van der Waals surface area contributed by atoms with E-state index >= 15 is 0 Å². The molecule has 1 fully saturated rings. The lowest BCUT2D eigenvalue weighted by Gasteiger charge is -2.27. The average Bonchev–Trinajstić information content (AvgIpc) is 3.19. The Morgan fingerprint density at radius 1 is 1.30 bits per heavy atom. The zero-order valence-corrected chi connectivity index (χ0v) is 18.4. The lowest BCUT2D eigenvalue weighted by atomic mass is 9.98. The van der Waals surface area contributed by atoms with Crippen LogP contribution in [-0.4, -0.2) is 54.0 Å². The van der Waals surface area contributed by atoms with Crippen molar-refractivity contribution in [2.45, 2.75) is 39.3 Å². The summed E-state index contributed by atoms with van der Waals surface area (Å²) in [6.45, 7) is 3.87. The zero-order valence-electron chi connectivity index (χ0n) is 16.8. The summed E-state index contributed by atoms with van der Waals surface area (Å²) in [6.07, 6.45) is 0.326. The van der Waals surface area contributed by atoms with Crippen LogP contribution in [0.2, 0.25) is 0 Å². The fourth-order valence-electron chi connectivity index (χ4n) is 3.26. The number of alkyl halides is 3. The Morgan fingerprint density at radius 2 is 1.93 bits per heavy atom. The highest BCUT2D eigenvalue weighted by Gasteiger charge is 2.35. The van der Waals surface area contributed by atoms with E-state index in [9.17, 15) is 26.4 Å². The van der Waals surface area contributed by atoms with Crippen LogP contribution >= 0.6 is 11.6 Å². The minimum atomic E-state index is -4.66. The standard InChI is InChI=1S/C19H25ClF3N3O3S/c1-3-14(15(20)4-2)12-26(8-5-13-6-9-30(28,29)10-7-13)18(27)16-11-17(25-24-16)19(21,22)23/h3-4,11,13H,5-10,12H2,1-2H3,(H,24,25)/b14-3-,15-4+. The highest BCUT2D eigenvalue weighted by Crippen LogP contribution is 2.28. The number of sulfone groups is 1. The van der Waals surface area contributed by atoms with Gasteiger partial charge in [0.2, 0.25) is 0 Å². The van der Waals surface area contributed by atoms with Gasteiger partial charge < -0.3 is 4.90 Å². The molecule has 30 heavy (non-hydrogen) atoms. The maximum absolute atomic E-state index is 12.9. The van der Waals surface area contributed by atoms with Gasteiger partial charge in [0.05, 0.1) is 11.5 Å². The molecule has 1 aliphatic heterocycles. The van der Waals surface area contributed by atoms with Crippen LogP contribution in [0, 0.1) is 5.92 Å². The molecule has 2 heterocycles. The topological polar surface area (TPSA) is 83.1 Å². The largest absolute Gasteiger partial charge is 0.435 e. The Bertz CT molecular complexity index is 909. The van der Waals surface area contributed by atoms with Gasteiger partial charge in [0, 0.05) is 24.2 Å². The van der Waals surface area contributed by atoms with Gasteiger partial charge in [-0.3, -0.25) is 9.89 Å².